The first-order valence-electron chi connectivity index (χ1n) is 7.34. The second-order valence-corrected chi connectivity index (χ2v) is 6.00. The van der Waals surface area contributed by atoms with Gasteiger partial charge in [0.05, 0.1) is 17.1 Å². The Morgan fingerprint density at radius 1 is 1.25 bits per heavy atom. The van der Waals surface area contributed by atoms with Crippen LogP contribution >= 0.6 is 15.9 Å². The molecule has 0 amide bonds. The van der Waals surface area contributed by atoms with Crippen molar-refractivity contribution in [3.05, 3.63) is 81.6 Å². The summed E-state index contributed by atoms with van der Waals surface area (Å²) in [4.78, 5) is 17.1. The molecule has 6 heteroatoms. The molecule has 1 heterocycles. The maximum atomic E-state index is 12.6. The molecule has 0 atom stereocenters. The SMILES string of the molecule is C=CCn1c(NN=Cc2cccc(Br)c2)nc2ccccc2c1=O. The number of hydrogen-bond acceptors (Lipinski definition) is 4. The molecule has 0 aliphatic heterocycles. The number of allylic oxidation sites excluding steroid dienone is 1. The molecule has 120 valence electrons. The minimum absolute atomic E-state index is 0.124. The molecule has 3 rings (SSSR count). The van der Waals surface area contributed by atoms with E-state index >= 15 is 0 Å². The molecule has 0 saturated heterocycles. The number of hydrazone groups is 1. The minimum Gasteiger partial charge on any atom is -0.273 e. The molecule has 0 bridgehead atoms. The van der Waals surface area contributed by atoms with Crippen molar-refractivity contribution in [2.45, 2.75) is 6.54 Å². The van der Waals surface area contributed by atoms with E-state index in [1.807, 2.05) is 36.4 Å². The Morgan fingerprint density at radius 2 is 2.08 bits per heavy atom. The molecule has 0 saturated carbocycles. The van der Waals surface area contributed by atoms with E-state index in [0.29, 0.717) is 23.4 Å². The van der Waals surface area contributed by atoms with Crippen LogP contribution in [0.25, 0.3) is 10.9 Å². The number of para-hydroxylation sites is 1. The van der Waals surface area contributed by atoms with Crippen molar-refractivity contribution < 1.29 is 0 Å². The second kappa shape index (κ2) is 7.23. The number of nitrogens with zero attached hydrogens (tertiary/aromatic N) is 3. The molecular weight excluding hydrogens is 368 g/mol. The van der Waals surface area contributed by atoms with E-state index in [0.717, 1.165) is 10.0 Å². The fourth-order valence-electron chi connectivity index (χ4n) is 2.30. The normalized spacial score (nSPS) is 11.0. The third kappa shape index (κ3) is 3.44. The fourth-order valence-corrected chi connectivity index (χ4v) is 2.72. The molecule has 0 fully saturated rings. The topological polar surface area (TPSA) is 59.3 Å². The summed E-state index contributed by atoms with van der Waals surface area (Å²) in [5.41, 5.74) is 4.29. The van der Waals surface area contributed by atoms with Crippen molar-refractivity contribution in [1.29, 1.82) is 0 Å². The monoisotopic (exact) mass is 382 g/mol. The summed E-state index contributed by atoms with van der Waals surface area (Å²) < 4.78 is 2.48. The molecule has 0 aliphatic carbocycles. The van der Waals surface area contributed by atoms with Crippen molar-refractivity contribution in [1.82, 2.24) is 9.55 Å². The van der Waals surface area contributed by atoms with Gasteiger partial charge >= 0.3 is 0 Å². The van der Waals surface area contributed by atoms with Crippen LogP contribution in [-0.2, 0) is 6.54 Å². The highest BCUT2D eigenvalue weighted by atomic mass is 79.9. The number of fused-ring (bicyclic) bond motifs is 1. The Morgan fingerprint density at radius 3 is 2.88 bits per heavy atom. The zero-order valence-electron chi connectivity index (χ0n) is 12.8. The third-order valence-corrected chi connectivity index (χ3v) is 3.89. The number of rotatable bonds is 5. The molecule has 0 aliphatic rings. The number of benzene rings is 2. The van der Waals surface area contributed by atoms with Crippen LogP contribution in [0, 0.1) is 0 Å². The van der Waals surface area contributed by atoms with Gasteiger partial charge in [0.2, 0.25) is 5.95 Å². The van der Waals surface area contributed by atoms with Gasteiger partial charge in [-0.1, -0.05) is 46.3 Å². The smallest absolute Gasteiger partial charge is 0.263 e. The zero-order chi connectivity index (χ0) is 16.9. The van der Waals surface area contributed by atoms with Gasteiger partial charge in [-0.15, -0.1) is 6.58 Å². The van der Waals surface area contributed by atoms with Crippen molar-refractivity contribution in [3.8, 4) is 0 Å². The van der Waals surface area contributed by atoms with Crippen molar-refractivity contribution in [2.75, 3.05) is 5.43 Å². The van der Waals surface area contributed by atoms with Gasteiger partial charge in [0, 0.05) is 11.0 Å². The van der Waals surface area contributed by atoms with E-state index in [-0.39, 0.29) is 5.56 Å². The molecule has 24 heavy (non-hydrogen) atoms. The van der Waals surface area contributed by atoms with E-state index in [9.17, 15) is 4.79 Å². The van der Waals surface area contributed by atoms with E-state index in [2.05, 4.69) is 38.0 Å². The van der Waals surface area contributed by atoms with Crippen LogP contribution < -0.4 is 11.0 Å². The van der Waals surface area contributed by atoms with Crippen molar-refractivity contribution in [2.24, 2.45) is 5.10 Å². The lowest BCUT2D eigenvalue weighted by Gasteiger charge is -2.10. The average Bonchev–Trinajstić information content (AvgIpc) is 2.58. The number of aromatic nitrogens is 2. The van der Waals surface area contributed by atoms with Gasteiger partial charge in [-0.05, 0) is 29.8 Å². The number of halogens is 1. The molecule has 3 aromatic rings. The molecule has 0 radical (unpaired) electrons. The minimum atomic E-state index is -0.124. The number of anilines is 1. The molecule has 2 aromatic carbocycles. The Balaban J connectivity index is 1.97. The lowest BCUT2D eigenvalue weighted by molar-refractivity contribution is 0.774. The Kier molecular flexibility index (Phi) is 4.86. The second-order valence-electron chi connectivity index (χ2n) is 5.08. The van der Waals surface area contributed by atoms with E-state index in [4.69, 9.17) is 0 Å². The van der Waals surface area contributed by atoms with Crippen LogP contribution in [0.3, 0.4) is 0 Å². The highest BCUT2D eigenvalue weighted by molar-refractivity contribution is 9.10. The first-order valence-corrected chi connectivity index (χ1v) is 8.13. The summed E-state index contributed by atoms with van der Waals surface area (Å²) >= 11 is 3.42. The predicted octanol–water partition coefficient (Wildman–Crippen LogP) is 3.79. The van der Waals surface area contributed by atoms with Gasteiger partial charge < -0.3 is 0 Å². The Labute approximate surface area is 147 Å². The largest absolute Gasteiger partial charge is 0.273 e. The van der Waals surface area contributed by atoms with Crippen LogP contribution in [0.4, 0.5) is 5.95 Å². The van der Waals surface area contributed by atoms with Crippen molar-refractivity contribution in [3.63, 3.8) is 0 Å². The average molecular weight is 383 g/mol. The van der Waals surface area contributed by atoms with E-state index in [1.165, 1.54) is 4.57 Å². The van der Waals surface area contributed by atoms with Crippen LogP contribution in [0.15, 0.2) is 75.6 Å². The van der Waals surface area contributed by atoms with E-state index in [1.54, 1.807) is 24.4 Å². The van der Waals surface area contributed by atoms with Gasteiger partial charge in [-0.25, -0.2) is 10.4 Å². The lowest BCUT2D eigenvalue weighted by Crippen LogP contribution is -2.23. The van der Waals surface area contributed by atoms with Gasteiger partial charge in [-0.2, -0.15) is 5.10 Å². The Bertz CT molecular complexity index is 978. The predicted molar refractivity (Wildman–Crippen MR) is 102 cm³/mol. The molecule has 1 aromatic heterocycles. The highest BCUT2D eigenvalue weighted by Gasteiger charge is 2.08. The van der Waals surface area contributed by atoms with Gasteiger partial charge in [0.1, 0.15) is 0 Å². The first kappa shape index (κ1) is 16.1. The quantitative estimate of drug-likeness (QED) is 0.414. The van der Waals surface area contributed by atoms with Crippen LogP contribution in [0.5, 0.6) is 0 Å². The van der Waals surface area contributed by atoms with Crippen molar-refractivity contribution >= 4 is 39.0 Å². The van der Waals surface area contributed by atoms with Crippen LogP contribution in [0.2, 0.25) is 0 Å². The maximum Gasteiger partial charge on any atom is 0.263 e. The zero-order valence-corrected chi connectivity index (χ0v) is 14.4. The lowest BCUT2D eigenvalue weighted by atomic mass is 10.2. The van der Waals surface area contributed by atoms with E-state index < -0.39 is 0 Å². The van der Waals surface area contributed by atoms with Gasteiger partial charge in [0.15, 0.2) is 0 Å². The summed E-state index contributed by atoms with van der Waals surface area (Å²) in [5, 5.41) is 4.76. The first-order chi connectivity index (χ1) is 11.7. The fraction of sp³-hybridized carbons (Fsp3) is 0.0556. The summed E-state index contributed by atoms with van der Waals surface area (Å²) in [6.45, 7) is 4.05. The molecule has 1 N–H and O–H groups in total. The summed E-state index contributed by atoms with van der Waals surface area (Å²) in [5.74, 6) is 0.379. The Hall–Kier alpha value is -2.73. The summed E-state index contributed by atoms with van der Waals surface area (Å²) in [6, 6.07) is 15.0. The molecule has 5 nitrogen and oxygen atoms in total. The standard InChI is InChI=1S/C18H15BrN4O/c1-2-10-23-17(24)15-8-3-4-9-16(15)21-18(23)22-20-12-13-6-5-7-14(19)11-13/h2-9,11-12H,1,10H2,(H,21,22). The number of hydrogen-bond donors (Lipinski definition) is 1. The van der Waals surface area contributed by atoms with Gasteiger partial charge in [-0.3, -0.25) is 9.36 Å². The summed E-state index contributed by atoms with van der Waals surface area (Å²) in [6.07, 6.45) is 3.32. The number of nitrogens with one attached hydrogen (secondary N) is 1. The molecule has 0 unspecified atom stereocenters. The maximum absolute atomic E-state index is 12.6. The molecular formula is C18H15BrN4O. The van der Waals surface area contributed by atoms with Gasteiger partial charge in [0.25, 0.3) is 5.56 Å². The highest BCUT2D eigenvalue weighted by Crippen LogP contribution is 2.12. The molecule has 0 spiro atoms. The summed E-state index contributed by atoms with van der Waals surface area (Å²) in [7, 11) is 0. The van der Waals surface area contributed by atoms with Crippen LogP contribution in [0.1, 0.15) is 5.56 Å². The van der Waals surface area contributed by atoms with Crippen LogP contribution in [-0.4, -0.2) is 15.8 Å². The third-order valence-electron chi connectivity index (χ3n) is 3.40.